The highest BCUT2D eigenvalue weighted by molar-refractivity contribution is 8.02. The second kappa shape index (κ2) is 3.20. The van der Waals surface area contributed by atoms with Crippen molar-refractivity contribution < 1.29 is 5.21 Å². The van der Waals surface area contributed by atoms with Gasteiger partial charge in [-0.1, -0.05) is 18.3 Å². The maximum Gasteiger partial charge on any atom is 0.117 e. The van der Waals surface area contributed by atoms with Gasteiger partial charge in [-0.3, -0.25) is 0 Å². The predicted molar refractivity (Wildman–Crippen MR) is 41.2 cm³/mol. The van der Waals surface area contributed by atoms with Crippen LogP contribution in [0.5, 0.6) is 0 Å². The van der Waals surface area contributed by atoms with Crippen LogP contribution in [0.15, 0.2) is 41.1 Å². The van der Waals surface area contributed by atoms with Crippen molar-refractivity contribution in [3.63, 3.8) is 0 Å². The molecule has 0 atom stereocenters. The van der Waals surface area contributed by atoms with Crippen molar-refractivity contribution in [1.29, 1.82) is 0 Å². The number of nitrogens with zero attached hydrogens (tertiary/aromatic N) is 1. The van der Waals surface area contributed by atoms with E-state index in [-0.39, 0.29) is 0 Å². The number of thioether (sulfide) groups is 1. The molecule has 0 saturated heterocycles. The van der Waals surface area contributed by atoms with Crippen molar-refractivity contribution in [3.8, 4) is 0 Å². The Morgan fingerprint density at radius 2 is 2.60 bits per heavy atom. The molecule has 2 nitrogen and oxygen atoms in total. The van der Waals surface area contributed by atoms with Crippen LogP contribution in [0, 0.1) is 0 Å². The summed E-state index contributed by atoms with van der Waals surface area (Å²) in [4.78, 5) is 0. The summed E-state index contributed by atoms with van der Waals surface area (Å²) in [5, 5.41) is 11.4. The minimum absolute atomic E-state index is 0.760. The molecule has 1 N–H and O–H groups in total. The zero-order valence-electron chi connectivity index (χ0n) is 5.32. The second-order valence-corrected chi connectivity index (χ2v) is 2.52. The molecule has 1 rings (SSSR count). The van der Waals surface area contributed by atoms with Gasteiger partial charge in [-0.2, -0.15) is 4.73 Å². The Hall–Kier alpha value is -1.05. The van der Waals surface area contributed by atoms with Gasteiger partial charge in [0.25, 0.3) is 0 Å². The van der Waals surface area contributed by atoms with Gasteiger partial charge in [0.15, 0.2) is 0 Å². The molecule has 0 spiro atoms. The standard InChI is InChI=1S/C7H7NOS/c1-2-6-10-7-4-3-5-8(7)9/h3-6,9H,1H2. The number of rotatable bonds is 2. The topological polar surface area (TPSA) is 25.2 Å². The van der Waals surface area contributed by atoms with E-state index in [0.717, 1.165) is 9.76 Å². The van der Waals surface area contributed by atoms with Crippen molar-refractivity contribution in [2.75, 3.05) is 0 Å². The third kappa shape index (κ3) is 1.47. The van der Waals surface area contributed by atoms with Gasteiger partial charge in [-0.25, -0.2) is 0 Å². The van der Waals surface area contributed by atoms with Crippen LogP contribution in [-0.4, -0.2) is 9.94 Å². The zero-order chi connectivity index (χ0) is 7.40. The van der Waals surface area contributed by atoms with Gasteiger partial charge in [0.05, 0.1) is 0 Å². The van der Waals surface area contributed by atoms with E-state index in [2.05, 4.69) is 12.3 Å². The van der Waals surface area contributed by atoms with Crippen LogP contribution in [0.25, 0.3) is 0 Å². The molecule has 0 aliphatic rings. The first-order valence-electron chi connectivity index (χ1n) is 2.72. The maximum atomic E-state index is 9.00. The Labute approximate surface area is 63.4 Å². The van der Waals surface area contributed by atoms with Crippen LogP contribution in [0.2, 0.25) is 0 Å². The highest BCUT2D eigenvalue weighted by atomic mass is 32.2. The van der Waals surface area contributed by atoms with Gasteiger partial charge in [-0.15, -0.1) is 5.73 Å². The van der Waals surface area contributed by atoms with Crippen LogP contribution in [0.4, 0.5) is 0 Å². The van der Waals surface area contributed by atoms with Gasteiger partial charge < -0.3 is 5.21 Å². The Balaban J connectivity index is 2.74. The molecule has 0 bridgehead atoms. The van der Waals surface area contributed by atoms with Crippen LogP contribution >= 0.6 is 11.8 Å². The molecule has 52 valence electrons. The van der Waals surface area contributed by atoms with Crippen molar-refractivity contribution in [2.24, 2.45) is 0 Å². The third-order valence-corrected chi connectivity index (χ3v) is 1.80. The second-order valence-electron chi connectivity index (χ2n) is 1.63. The number of aromatic nitrogens is 1. The van der Waals surface area contributed by atoms with Gasteiger partial charge in [0.1, 0.15) is 5.03 Å². The normalized spacial score (nSPS) is 8.80. The fourth-order valence-electron chi connectivity index (χ4n) is 0.552. The lowest BCUT2D eigenvalue weighted by Crippen LogP contribution is -1.86. The zero-order valence-corrected chi connectivity index (χ0v) is 6.14. The van der Waals surface area contributed by atoms with Gasteiger partial charge in [0, 0.05) is 11.6 Å². The molecule has 0 saturated carbocycles. The Morgan fingerprint density at radius 3 is 3.10 bits per heavy atom. The average Bonchev–Trinajstić information content (AvgIpc) is 2.31. The average molecular weight is 153 g/mol. The summed E-state index contributed by atoms with van der Waals surface area (Å²) in [6, 6.07) is 3.57. The lowest BCUT2D eigenvalue weighted by molar-refractivity contribution is 0.164. The van der Waals surface area contributed by atoms with E-state index < -0.39 is 0 Å². The Bertz CT molecular complexity index is 260. The van der Waals surface area contributed by atoms with E-state index in [1.165, 1.54) is 11.8 Å². The highest BCUT2D eigenvalue weighted by Crippen LogP contribution is 2.17. The number of hydrogen-bond donors (Lipinski definition) is 1. The van der Waals surface area contributed by atoms with E-state index in [4.69, 9.17) is 5.21 Å². The van der Waals surface area contributed by atoms with E-state index in [0.29, 0.717) is 0 Å². The molecule has 0 aliphatic carbocycles. The van der Waals surface area contributed by atoms with E-state index >= 15 is 0 Å². The fraction of sp³-hybridized carbons (Fsp3) is 0. The summed E-state index contributed by atoms with van der Waals surface area (Å²) in [7, 11) is 0. The lowest BCUT2D eigenvalue weighted by Gasteiger charge is -1.93. The minimum Gasteiger partial charge on any atom is -0.428 e. The SMILES string of the molecule is C=C=CSc1cccn1O. The first kappa shape index (κ1) is 7.06. The molecule has 0 amide bonds. The molecule has 0 aliphatic heterocycles. The highest BCUT2D eigenvalue weighted by Gasteiger charge is 1.94. The molecule has 1 heterocycles. The van der Waals surface area contributed by atoms with Crippen LogP contribution < -0.4 is 0 Å². The number of hydrogen-bond acceptors (Lipinski definition) is 2. The van der Waals surface area contributed by atoms with Crippen LogP contribution in [0.3, 0.4) is 0 Å². The molecule has 3 heteroatoms. The lowest BCUT2D eigenvalue weighted by atomic mass is 10.7. The molecule has 0 radical (unpaired) electrons. The van der Waals surface area contributed by atoms with Gasteiger partial charge >= 0.3 is 0 Å². The molecular weight excluding hydrogens is 146 g/mol. The molecule has 0 fully saturated rings. The van der Waals surface area contributed by atoms with Crippen molar-refractivity contribution in [1.82, 2.24) is 4.73 Å². The van der Waals surface area contributed by atoms with Crippen molar-refractivity contribution in [2.45, 2.75) is 5.03 Å². The van der Waals surface area contributed by atoms with Crippen LogP contribution in [0.1, 0.15) is 0 Å². The molecule has 1 aromatic heterocycles. The van der Waals surface area contributed by atoms with Crippen molar-refractivity contribution in [3.05, 3.63) is 36.0 Å². The maximum absolute atomic E-state index is 9.00. The summed E-state index contributed by atoms with van der Waals surface area (Å²) in [5.41, 5.74) is 2.60. The smallest absolute Gasteiger partial charge is 0.117 e. The van der Waals surface area contributed by atoms with E-state index in [1.54, 1.807) is 23.7 Å². The van der Waals surface area contributed by atoms with Gasteiger partial charge in [-0.05, 0) is 12.1 Å². The molecule has 0 unspecified atom stereocenters. The summed E-state index contributed by atoms with van der Waals surface area (Å²) in [6.07, 6.45) is 1.57. The predicted octanol–water partition coefficient (Wildman–Crippen LogP) is 2.12. The molecule has 0 aromatic carbocycles. The minimum atomic E-state index is 0.760. The summed E-state index contributed by atoms with van der Waals surface area (Å²) in [6.45, 7) is 3.40. The summed E-state index contributed by atoms with van der Waals surface area (Å²) in [5.74, 6) is 0. The molecule has 1 aromatic rings. The molecule has 10 heavy (non-hydrogen) atoms. The Kier molecular flexibility index (Phi) is 2.26. The summed E-state index contributed by atoms with van der Waals surface area (Å²) < 4.78 is 1.05. The van der Waals surface area contributed by atoms with Crippen LogP contribution in [-0.2, 0) is 0 Å². The van der Waals surface area contributed by atoms with E-state index in [1.807, 2.05) is 0 Å². The largest absolute Gasteiger partial charge is 0.428 e. The molecular formula is C7H7NOS. The quantitative estimate of drug-likeness (QED) is 0.400. The van der Waals surface area contributed by atoms with Crippen molar-refractivity contribution >= 4 is 11.8 Å². The fourth-order valence-corrected chi connectivity index (χ4v) is 1.08. The first-order valence-corrected chi connectivity index (χ1v) is 3.60. The van der Waals surface area contributed by atoms with Gasteiger partial charge in [0.2, 0.25) is 0 Å². The third-order valence-electron chi connectivity index (χ3n) is 0.955. The summed E-state index contributed by atoms with van der Waals surface area (Å²) >= 11 is 1.37. The Morgan fingerprint density at radius 1 is 1.80 bits per heavy atom. The first-order chi connectivity index (χ1) is 4.84. The monoisotopic (exact) mass is 153 g/mol. The van der Waals surface area contributed by atoms with E-state index in [9.17, 15) is 0 Å².